The molecule has 2 aromatic carbocycles. The Morgan fingerprint density at radius 3 is 2.61 bits per heavy atom. The molecule has 0 amide bonds. The molecule has 3 aromatic rings. The van der Waals surface area contributed by atoms with Gasteiger partial charge in [0.15, 0.2) is 11.5 Å². The minimum absolute atomic E-state index is 0.0526. The fraction of sp³-hybridized carbons (Fsp3) is 0.348. The highest BCUT2D eigenvalue weighted by atomic mass is 16.6. The number of aryl methyl sites for hydroxylation is 1. The van der Waals surface area contributed by atoms with E-state index < -0.39 is 0 Å². The highest BCUT2D eigenvalue weighted by molar-refractivity contribution is 5.84. The molecule has 0 aliphatic carbocycles. The summed E-state index contributed by atoms with van der Waals surface area (Å²) in [5, 5.41) is 0.562. The van der Waals surface area contributed by atoms with Crippen molar-refractivity contribution in [1.82, 2.24) is 0 Å². The Morgan fingerprint density at radius 2 is 1.86 bits per heavy atom. The average Bonchev–Trinajstić information content (AvgIpc) is 2.68. The second-order valence-corrected chi connectivity index (χ2v) is 7.21. The molecular weight excluding hydrogens is 356 g/mol. The maximum Gasteiger partial charge on any atom is 0.200 e. The lowest BCUT2D eigenvalue weighted by Crippen LogP contribution is -2.15. The van der Waals surface area contributed by atoms with Crippen LogP contribution < -0.4 is 19.6 Å². The molecule has 0 unspecified atom stereocenters. The van der Waals surface area contributed by atoms with Crippen LogP contribution in [0, 0.1) is 0 Å². The Bertz CT molecular complexity index is 1060. The Balaban J connectivity index is 1.83. The average molecular weight is 380 g/mol. The van der Waals surface area contributed by atoms with Gasteiger partial charge in [0.1, 0.15) is 30.8 Å². The monoisotopic (exact) mass is 380 g/mol. The van der Waals surface area contributed by atoms with E-state index in [4.69, 9.17) is 18.6 Å². The largest absolute Gasteiger partial charge is 0.491 e. The molecule has 28 heavy (non-hydrogen) atoms. The van der Waals surface area contributed by atoms with Gasteiger partial charge in [-0.15, -0.1) is 0 Å². The van der Waals surface area contributed by atoms with Crippen LogP contribution in [0.2, 0.25) is 0 Å². The fourth-order valence-corrected chi connectivity index (χ4v) is 3.44. The molecule has 146 valence electrons. The van der Waals surface area contributed by atoms with Crippen LogP contribution in [-0.2, 0) is 6.42 Å². The van der Waals surface area contributed by atoms with Gasteiger partial charge in [-0.25, -0.2) is 0 Å². The van der Waals surface area contributed by atoms with E-state index in [2.05, 4.69) is 6.92 Å². The summed E-state index contributed by atoms with van der Waals surface area (Å²) in [4.78, 5) is 13.2. The van der Waals surface area contributed by atoms with Crippen LogP contribution in [0.5, 0.6) is 17.2 Å². The minimum Gasteiger partial charge on any atom is -0.491 e. The van der Waals surface area contributed by atoms with E-state index in [-0.39, 0.29) is 11.5 Å². The number of ether oxygens (including phenoxy) is 3. The summed E-state index contributed by atoms with van der Waals surface area (Å²) in [6.07, 6.45) is 3.37. The molecule has 5 heteroatoms. The molecule has 1 aliphatic rings. The second kappa shape index (κ2) is 7.58. The summed E-state index contributed by atoms with van der Waals surface area (Å²) in [5.41, 5.74) is 2.74. The van der Waals surface area contributed by atoms with Gasteiger partial charge in [-0.05, 0) is 49.6 Å². The van der Waals surface area contributed by atoms with Gasteiger partial charge >= 0.3 is 0 Å². The number of hydrogen-bond acceptors (Lipinski definition) is 5. The summed E-state index contributed by atoms with van der Waals surface area (Å²) in [6.45, 7) is 7.12. The topological polar surface area (TPSA) is 57.9 Å². The van der Waals surface area contributed by atoms with Crippen molar-refractivity contribution >= 4 is 11.0 Å². The van der Waals surface area contributed by atoms with Crippen molar-refractivity contribution in [3.05, 3.63) is 52.4 Å². The first-order chi connectivity index (χ1) is 13.6. The van der Waals surface area contributed by atoms with Crippen LogP contribution in [0.1, 0.15) is 32.8 Å². The third kappa shape index (κ3) is 3.44. The number of benzene rings is 2. The fourth-order valence-electron chi connectivity index (χ4n) is 3.44. The predicted octanol–water partition coefficient (Wildman–Crippen LogP) is 4.97. The minimum atomic E-state index is -0.0635. The molecule has 0 spiro atoms. The Kier molecular flexibility index (Phi) is 4.99. The first kappa shape index (κ1) is 18.4. The van der Waals surface area contributed by atoms with E-state index in [0.717, 1.165) is 29.7 Å². The highest BCUT2D eigenvalue weighted by Gasteiger charge is 2.17. The maximum atomic E-state index is 13.2. The van der Waals surface area contributed by atoms with Crippen molar-refractivity contribution < 1.29 is 18.6 Å². The van der Waals surface area contributed by atoms with Gasteiger partial charge in [0, 0.05) is 6.07 Å². The van der Waals surface area contributed by atoms with Crippen molar-refractivity contribution in [3.8, 4) is 28.4 Å². The zero-order valence-corrected chi connectivity index (χ0v) is 16.4. The van der Waals surface area contributed by atoms with E-state index in [1.54, 1.807) is 0 Å². The lowest BCUT2D eigenvalue weighted by molar-refractivity contribution is 0.171. The van der Waals surface area contributed by atoms with Crippen molar-refractivity contribution in [2.75, 3.05) is 13.2 Å². The van der Waals surface area contributed by atoms with Gasteiger partial charge < -0.3 is 18.6 Å². The summed E-state index contributed by atoms with van der Waals surface area (Å²) >= 11 is 0. The third-order valence-corrected chi connectivity index (χ3v) is 4.69. The van der Waals surface area contributed by atoms with Gasteiger partial charge in [-0.1, -0.05) is 19.4 Å². The standard InChI is InChI=1S/C23H24O5/c1-4-5-16-10-17-21(12-20(16)28-14(2)3)27-13-18(23(17)24)15-6-7-19-22(11-15)26-9-8-25-19/h6-7,10-14H,4-5,8-9H2,1-3H3. The zero-order valence-electron chi connectivity index (χ0n) is 16.4. The van der Waals surface area contributed by atoms with Gasteiger partial charge in [-0.3, -0.25) is 4.79 Å². The second-order valence-electron chi connectivity index (χ2n) is 7.21. The molecule has 0 atom stereocenters. The molecule has 0 radical (unpaired) electrons. The van der Waals surface area contributed by atoms with Crippen molar-refractivity contribution in [2.45, 2.75) is 39.7 Å². The predicted molar refractivity (Wildman–Crippen MR) is 109 cm³/mol. The maximum absolute atomic E-state index is 13.2. The Labute approximate surface area is 163 Å². The van der Waals surface area contributed by atoms with E-state index in [9.17, 15) is 4.79 Å². The van der Waals surface area contributed by atoms with Crippen LogP contribution in [0.25, 0.3) is 22.1 Å². The molecule has 2 heterocycles. The van der Waals surface area contributed by atoms with Gasteiger partial charge in [-0.2, -0.15) is 0 Å². The van der Waals surface area contributed by atoms with Crippen LogP contribution in [0.4, 0.5) is 0 Å². The molecule has 0 saturated carbocycles. The molecular formula is C23H24O5. The van der Waals surface area contributed by atoms with E-state index in [1.165, 1.54) is 6.26 Å². The van der Waals surface area contributed by atoms with Crippen LogP contribution in [0.15, 0.2) is 45.8 Å². The smallest absolute Gasteiger partial charge is 0.200 e. The van der Waals surface area contributed by atoms with Crippen LogP contribution in [-0.4, -0.2) is 19.3 Å². The van der Waals surface area contributed by atoms with E-state index in [1.807, 2.05) is 44.2 Å². The molecule has 0 N–H and O–H groups in total. The highest BCUT2D eigenvalue weighted by Crippen LogP contribution is 2.34. The van der Waals surface area contributed by atoms with Gasteiger partial charge in [0.2, 0.25) is 5.43 Å². The summed E-state index contributed by atoms with van der Waals surface area (Å²) < 4.78 is 23.0. The normalized spacial score (nSPS) is 13.1. The molecule has 0 saturated heterocycles. The van der Waals surface area contributed by atoms with Crippen molar-refractivity contribution in [1.29, 1.82) is 0 Å². The first-order valence-corrected chi connectivity index (χ1v) is 9.72. The molecule has 4 rings (SSSR count). The van der Waals surface area contributed by atoms with Crippen LogP contribution >= 0.6 is 0 Å². The molecule has 0 bridgehead atoms. The molecule has 1 aliphatic heterocycles. The van der Waals surface area contributed by atoms with Gasteiger partial charge in [0.25, 0.3) is 0 Å². The lowest BCUT2D eigenvalue weighted by atomic mass is 10.0. The summed E-state index contributed by atoms with van der Waals surface area (Å²) in [6, 6.07) is 9.25. The van der Waals surface area contributed by atoms with Gasteiger partial charge in [0.05, 0.1) is 17.1 Å². The molecule has 1 aromatic heterocycles. The third-order valence-electron chi connectivity index (χ3n) is 4.69. The number of hydrogen-bond donors (Lipinski definition) is 0. The van der Waals surface area contributed by atoms with E-state index >= 15 is 0 Å². The first-order valence-electron chi connectivity index (χ1n) is 9.72. The molecule has 5 nitrogen and oxygen atoms in total. The quantitative estimate of drug-likeness (QED) is 0.625. The zero-order chi connectivity index (χ0) is 19.7. The Hall–Kier alpha value is -2.95. The Morgan fingerprint density at radius 1 is 1.07 bits per heavy atom. The lowest BCUT2D eigenvalue weighted by Gasteiger charge is -2.19. The number of fused-ring (bicyclic) bond motifs is 2. The molecule has 0 fully saturated rings. The SMILES string of the molecule is CCCc1cc2c(=O)c(-c3ccc4c(c3)OCCO4)coc2cc1OC(C)C. The summed E-state index contributed by atoms with van der Waals surface area (Å²) in [7, 11) is 0. The van der Waals surface area contributed by atoms with Crippen molar-refractivity contribution in [2.24, 2.45) is 0 Å². The van der Waals surface area contributed by atoms with Crippen molar-refractivity contribution in [3.63, 3.8) is 0 Å². The van der Waals surface area contributed by atoms with Crippen LogP contribution in [0.3, 0.4) is 0 Å². The number of rotatable bonds is 5. The van der Waals surface area contributed by atoms with E-state index in [0.29, 0.717) is 41.2 Å². The summed E-state index contributed by atoms with van der Waals surface area (Å²) in [5.74, 6) is 2.12.